The summed E-state index contributed by atoms with van der Waals surface area (Å²) < 4.78 is 1.89. The summed E-state index contributed by atoms with van der Waals surface area (Å²) in [7, 11) is 1.98. The van der Waals surface area contributed by atoms with Crippen molar-refractivity contribution in [3.8, 4) is 0 Å². The van der Waals surface area contributed by atoms with E-state index in [1.54, 1.807) is 0 Å². The normalized spacial score (nSPS) is 21.6. The molecule has 1 N–H and O–H groups in total. The summed E-state index contributed by atoms with van der Waals surface area (Å²) in [5, 5.41) is 8.16. The van der Waals surface area contributed by atoms with Crippen molar-refractivity contribution in [1.82, 2.24) is 15.1 Å². The van der Waals surface area contributed by atoms with E-state index >= 15 is 0 Å². The highest BCUT2D eigenvalue weighted by Crippen LogP contribution is 2.37. The molecule has 2 unspecified atom stereocenters. The van der Waals surface area contributed by atoms with Gasteiger partial charge in [0.05, 0.1) is 5.69 Å². The van der Waals surface area contributed by atoms with Crippen LogP contribution in [0.2, 0.25) is 0 Å². The average molecular weight is 255 g/mol. The fraction of sp³-hybridized carbons (Fsp3) is 0.438. The van der Waals surface area contributed by atoms with Crippen molar-refractivity contribution in [2.75, 3.05) is 6.54 Å². The summed E-state index contributed by atoms with van der Waals surface area (Å²) in [5.74, 6) is 0.618. The van der Waals surface area contributed by atoms with Crippen molar-refractivity contribution < 1.29 is 0 Å². The van der Waals surface area contributed by atoms with Gasteiger partial charge in [0, 0.05) is 19.3 Å². The molecule has 0 fully saturated rings. The van der Waals surface area contributed by atoms with Gasteiger partial charge in [0.2, 0.25) is 0 Å². The number of rotatable bonds is 4. The molecule has 1 aromatic heterocycles. The Bertz CT molecular complexity index is 559. The van der Waals surface area contributed by atoms with E-state index in [2.05, 4.69) is 47.7 Å². The minimum atomic E-state index is 0.475. The molecular weight excluding hydrogens is 234 g/mol. The van der Waals surface area contributed by atoms with E-state index in [9.17, 15) is 0 Å². The van der Waals surface area contributed by atoms with Crippen LogP contribution in [0.4, 0.5) is 0 Å². The van der Waals surface area contributed by atoms with E-state index in [4.69, 9.17) is 0 Å². The molecule has 1 heterocycles. The number of fused-ring (bicyclic) bond motifs is 1. The molecule has 3 nitrogen and oxygen atoms in total. The van der Waals surface area contributed by atoms with Crippen LogP contribution in [0.25, 0.3) is 0 Å². The number of aryl methyl sites for hydroxylation is 1. The smallest absolute Gasteiger partial charge is 0.0628 e. The topological polar surface area (TPSA) is 29.9 Å². The Morgan fingerprint density at radius 2 is 2.16 bits per heavy atom. The minimum Gasteiger partial charge on any atom is -0.310 e. The molecule has 1 aromatic carbocycles. The number of nitrogens with zero attached hydrogens (tertiary/aromatic N) is 2. The monoisotopic (exact) mass is 255 g/mol. The molecule has 1 aliphatic rings. The van der Waals surface area contributed by atoms with E-state index < -0.39 is 0 Å². The van der Waals surface area contributed by atoms with Crippen LogP contribution >= 0.6 is 0 Å². The Hall–Kier alpha value is -1.61. The lowest BCUT2D eigenvalue weighted by Gasteiger charge is -2.20. The molecule has 0 spiro atoms. The van der Waals surface area contributed by atoms with Crippen molar-refractivity contribution in [2.24, 2.45) is 13.0 Å². The second-order valence-corrected chi connectivity index (χ2v) is 5.38. The van der Waals surface area contributed by atoms with Gasteiger partial charge in [-0.3, -0.25) is 4.68 Å². The second-order valence-electron chi connectivity index (χ2n) is 5.38. The van der Waals surface area contributed by atoms with Gasteiger partial charge in [-0.2, -0.15) is 5.10 Å². The Balaban J connectivity index is 1.82. The lowest BCUT2D eigenvalue weighted by atomic mass is 9.95. The summed E-state index contributed by atoms with van der Waals surface area (Å²) in [6.07, 6.45) is 4.23. The van der Waals surface area contributed by atoms with E-state index in [1.165, 1.54) is 16.8 Å². The van der Waals surface area contributed by atoms with Gasteiger partial charge < -0.3 is 5.32 Å². The molecule has 19 heavy (non-hydrogen) atoms. The second kappa shape index (κ2) is 5.17. The summed E-state index contributed by atoms with van der Waals surface area (Å²) in [4.78, 5) is 0. The molecule has 2 atom stereocenters. The largest absolute Gasteiger partial charge is 0.310 e. The Morgan fingerprint density at radius 3 is 2.89 bits per heavy atom. The van der Waals surface area contributed by atoms with Gasteiger partial charge in [-0.25, -0.2) is 0 Å². The van der Waals surface area contributed by atoms with Crippen molar-refractivity contribution in [1.29, 1.82) is 0 Å². The van der Waals surface area contributed by atoms with E-state index in [1.807, 2.05) is 17.9 Å². The zero-order valence-corrected chi connectivity index (χ0v) is 11.6. The quantitative estimate of drug-likeness (QED) is 0.909. The number of nitrogens with one attached hydrogen (secondary N) is 1. The average Bonchev–Trinajstić information content (AvgIpc) is 2.96. The molecule has 3 rings (SSSR count). The SMILES string of the molecule is CCNC1c2ccccc2CC1Cc1ccn(C)n1. The lowest BCUT2D eigenvalue weighted by Crippen LogP contribution is -2.26. The highest BCUT2D eigenvalue weighted by Gasteiger charge is 2.31. The molecule has 0 saturated carbocycles. The third-order valence-electron chi connectivity index (χ3n) is 4.01. The van der Waals surface area contributed by atoms with Gasteiger partial charge in [0.1, 0.15) is 0 Å². The zero-order valence-electron chi connectivity index (χ0n) is 11.6. The number of aromatic nitrogens is 2. The van der Waals surface area contributed by atoms with Gasteiger partial charge in [-0.05, 0) is 42.5 Å². The maximum absolute atomic E-state index is 4.52. The van der Waals surface area contributed by atoms with Crippen molar-refractivity contribution in [3.63, 3.8) is 0 Å². The van der Waals surface area contributed by atoms with E-state index in [-0.39, 0.29) is 0 Å². The van der Waals surface area contributed by atoms with Crippen LogP contribution in [0.5, 0.6) is 0 Å². The van der Waals surface area contributed by atoms with Crippen molar-refractivity contribution in [3.05, 3.63) is 53.3 Å². The standard InChI is InChI=1S/C16H21N3/c1-3-17-16-13(11-14-8-9-19(2)18-14)10-12-6-4-5-7-15(12)16/h4-9,13,16-17H,3,10-11H2,1-2H3. The van der Waals surface area contributed by atoms with Gasteiger partial charge >= 0.3 is 0 Å². The van der Waals surface area contributed by atoms with Crippen LogP contribution in [0.15, 0.2) is 36.5 Å². The number of benzene rings is 1. The molecular formula is C16H21N3. The fourth-order valence-electron chi connectivity index (χ4n) is 3.20. The van der Waals surface area contributed by atoms with Crippen molar-refractivity contribution in [2.45, 2.75) is 25.8 Å². The van der Waals surface area contributed by atoms with Crippen LogP contribution < -0.4 is 5.32 Å². The first-order chi connectivity index (χ1) is 9.28. The molecule has 1 aliphatic carbocycles. The van der Waals surface area contributed by atoms with E-state index in [0.717, 1.165) is 19.4 Å². The minimum absolute atomic E-state index is 0.475. The third-order valence-corrected chi connectivity index (χ3v) is 4.01. The summed E-state index contributed by atoms with van der Waals surface area (Å²) in [6, 6.07) is 11.4. The first kappa shape index (κ1) is 12.4. The predicted molar refractivity (Wildman–Crippen MR) is 77.0 cm³/mol. The lowest BCUT2D eigenvalue weighted by molar-refractivity contribution is 0.390. The Labute approximate surface area is 114 Å². The zero-order chi connectivity index (χ0) is 13.2. The van der Waals surface area contributed by atoms with Crippen LogP contribution in [0.1, 0.15) is 29.8 Å². The first-order valence-corrected chi connectivity index (χ1v) is 7.07. The maximum atomic E-state index is 4.52. The third kappa shape index (κ3) is 2.43. The summed E-state index contributed by atoms with van der Waals surface area (Å²) >= 11 is 0. The Morgan fingerprint density at radius 1 is 1.32 bits per heavy atom. The fourth-order valence-corrected chi connectivity index (χ4v) is 3.20. The molecule has 0 aliphatic heterocycles. The molecule has 0 amide bonds. The van der Waals surface area contributed by atoms with Gasteiger partial charge in [-0.1, -0.05) is 31.2 Å². The maximum Gasteiger partial charge on any atom is 0.0628 e. The first-order valence-electron chi connectivity index (χ1n) is 7.07. The molecule has 0 saturated heterocycles. The van der Waals surface area contributed by atoms with Gasteiger partial charge in [0.15, 0.2) is 0 Å². The molecule has 2 aromatic rings. The highest BCUT2D eigenvalue weighted by molar-refractivity contribution is 5.36. The van der Waals surface area contributed by atoms with Crippen LogP contribution in [-0.4, -0.2) is 16.3 Å². The number of hydrogen-bond acceptors (Lipinski definition) is 2. The molecule has 0 bridgehead atoms. The van der Waals surface area contributed by atoms with Gasteiger partial charge in [-0.15, -0.1) is 0 Å². The summed E-state index contributed by atoms with van der Waals surface area (Å²) in [6.45, 7) is 3.19. The van der Waals surface area contributed by atoms with Gasteiger partial charge in [0.25, 0.3) is 0 Å². The molecule has 100 valence electrons. The Kier molecular flexibility index (Phi) is 3.38. The highest BCUT2D eigenvalue weighted by atomic mass is 15.2. The van der Waals surface area contributed by atoms with Crippen LogP contribution in [-0.2, 0) is 19.9 Å². The number of hydrogen-bond donors (Lipinski definition) is 1. The van der Waals surface area contributed by atoms with E-state index in [0.29, 0.717) is 12.0 Å². The molecule has 3 heteroatoms. The van der Waals surface area contributed by atoms with Crippen LogP contribution in [0, 0.1) is 5.92 Å². The van der Waals surface area contributed by atoms with Crippen LogP contribution in [0.3, 0.4) is 0 Å². The summed E-state index contributed by atoms with van der Waals surface area (Å²) in [5.41, 5.74) is 4.17. The predicted octanol–water partition coefficient (Wildman–Crippen LogP) is 2.49. The molecule has 0 radical (unpaired) electrons. The van der Waals surface area contributed by atoms with Crippen molar-refractivity contribution >= 4 is 0 Å².